The molecule has 1 aromatic carbocycles. The lowest BCUT2D eigenvalue weighted by Gasteiger charge is -2.08. The molecule has 2 aromatic rings. The van der Waals surface area contributed by atoms with Crippen LogP contribution in [0, 0.1) is 0 Å². The Morgan fingerprint density at radius 1 is 1.35 bits per heavy atom. The molecule has 0 aliphatic rings. The number of allylic oxidation sites excluding steroid dienone is 1. The number of hydrogen-bond acceptors (Lipinski definition) is 3. The van der Waals surface area contributed by atoms with E-state index in [0.717, 1.165) is 5.39 Å². The molecule has 0 aliphatic carbocycles. The van der Waals surface area contributed by atoms with E-state index in [4.69, 9.17) is 0 Å². The van der Waals surface area contributed by atoms with Gasteiger partial charge in [0.25, 0.3) is 5.91 Å². The first-order valence-corrected chi connectivity index (χ1v) is 6.13. The molecule has 1 amide bonds. The van der Waals surface area contributed by atoms with Crippen molar-refractivity contribution >= 4 is 28.7 Å². The van der Waals surface area contributed by atoms with Crippen LogP contribution in [0.1, 0.15) is 13.8 Å². The maximum Gasteiger partial charge on any atom is 0.276 e. The number of rotatable bonds is 3. The summed E-state index contributed by atoms with van der Waals surface area (Å²) in [6.45, 7) is 2.82. The fourth-order valence-electron chi connectivity index (χ4n) is 1.82. The first-order valence-electron chi connectivity index (χ1n) is 6.13. The number of aliphatic imine (C=N–C) groups is 1. The van der Waals surface area contributed by atoms with Gasteiger partial charge in [0.1, 0.15) is 5.83 Å². The van der Waals surface area contributed by atoms with Crippen molar-refractivity contribution in [2.45, 2.75) is 13.8 Å². The first-order chi connectivity index (χ1) is 9.63. The Kier molecular flexibility index (Phi) is 4.20. The monoisotopic (exact) mass is 271 g/mol. The van der Waals surface area contributed by atoms with E-state index < -0.39 is 11.7 Å². The number of carbonyl (C=O) groups is 1. The van der Waals surface area contributed by atoms with Crippen LogP contribution in [0.4, 0.5) is 10.1 Å². The van der Waals surface area contributed by atoms with Crippen molar-refractivity contribution in [3.63, 3.8) is 0 Å². The van der Waals surface area contributed by atoms with E-state index in [0.29, 0.717) is 11.2 Å². The summed E-state index contributed by atoms with van der Waals surface area (Å²) in [5, 5.41) is 3.53. The average Bonchev–Trinajstić information content (AvgIpc) is 2.44. The number of hydrogen-bond donors (Lipinski definition) is 1. The van der Waals surface area contributed by atoms with Crippen molar-refractivity contribution < 1.29 is 9.18 Å². The number of aromatic nitrogens is 1. The molecule has 1 heterocycles. The average molecular weight is 271 g/mol. The number of anilines is 1. The number of halogens is 1. The van der Waals surface area contributed by atoms with Gasteiger partial charge >= 0.3 is 0 Å². The molecule has 4 nitrogen and oxygen atoms in total. The molecule has 0 unspecified atom stereocenters. The molecular formula is C15H14FN3O. The fourth-order valence-corrected chi connectivity index (χ4v) is 1.82. The minimum atomic E-state index is -0.631. The largest absolute Gasteiger partial charge is 0.319 e. The summed E-state index contributed by atoms with van der Waals surface area (Å²) in [4.78, 5) is 20.0. The van der Waals surface area contributed by atoms with E-state index in [-0.39, 0.29) is 5.70 Å². The Labute approximate surface area is 116 Å². The van der Waals surface area contributed by atoms with Gasteiger partial charge < -0.3 is 5.32 Å². The van der Waals surface area contributed by atoms with Gasteiger partial charge in [0, 0.05) is 17.8 Å². The van der Waals surface area contributed by atoms with Crippen LogP contribution in [0.5, 0.6) is 0 Å². The van der Waals surface area contributed by atoms with E-state index >= 15 is 0 Å². The minimum Gasteiger partial charge on any atom is -0.319 e. The van der Waals surface area contributed by atoms with Gasteiger partial charge in [-0.3, -0.25) is 14.8 Å². The number of pyridine rings is 1. The van der Waals surface area contributed by atoms with Crippen LogP contribution < -0.4 is 5.32 Å². The van der Waals surface area contributed by atoms with E-state index in [1.165, 1.54) is 13.1 Å². The molecule has 0 spiro atoms. The lowest BCUT2D eigenvalue weighted by molar-refractivity contribution is -0.113. The molecule has 1 aromatic heterocycles. The van der Waals surface area contributed by atoms with Crippen molar-refractivity contribution in [3.8, 4) is 0 Å². The van der Waals surface area contributed by atoms with Gasteiger partial charge in [0.2, 0.25) is 0 Å². The molecular weight excluding hydrogens is 257 g/mol. The third-order valence-electron chi connectivity index (χ3n) is 2.68. The van der Waals surface area contributed by atoms with Crippen LogP contribution in [0.3, 0.4) is 0 Å². The summed E-state index contributed by atoms with van der Waals surface area (Å²) >= 11 is 0. The zero-order valence-corrected chi connectivity index (χ0v) is 11.2. The highest BCUT2D eigenvalue weighted by Gasteiger charge is 2.13. The van der Waals surface area contributed by atoms with E-state index in [1.807, 2.05) is 18.2 Å². The normalized spacial score (nSPS) is 12.6. The Bertz CT molecular complexity index is 698. The number of benzene rings is 1. The molecule has 0 bridgehead atoms. The van der Waals surface area contributed by atoms with Gasteiger partial charge in [-0.05, 0) is 26.0 Å². The van der Waals surface area contributed by atoms with Crippen LogP contribution in [-0.4, -0.2) is 17.1 Å². The summed E-state index contributed by atoms with van der Waals surface area (Å²) in [7, 11) is 0. The summed E-state index contributed by atoms with van der Waals surface area (Å²) in [5.41, 5.74) is 0.943. The Hall–Kier alpha value is -2.56. The second-order valence-electron chi connectivity index (χ2n) is 4.10. The van der Waals surface area contributed by atoms with Crippen LogP contribution >= 0.6 is 0 Å². The molecule has 0 aliphatic heterocycles. The molecule has 0 radical (unpaired) electrons. The predicted octanol–water partition coefficient (Wildman–Crippen LogP) is 3.47. The highest BCUT2D eigenvalue weighted by molar-refractivity contribution is 6.08. The van der Waals surface area contributed by atoms with Gasteiger partial charge in [0.15, 0.2) is 5.70 Å². The predicted molar refractivity (Wildman–Crippen MR) is 78.3 cm³/mol. The zero-order chi connectivity index (χ0) is 14.5. The van der Waals surface area contributed by atoms with Gasteiger partial charge in [-0.1, -0.05) is 18.2 Å². The van der Waals surface area contributed by atoms with Crippen molar-refractivity contribution in [2.24, 2.45) is 4.99 Å². The summed E-state index contributed by atoms with van der Waals surface area (Å²) in [6.07, 6.45) is 3.01. The summed E-state index contributed by atoms with van der Waals surface area (Å²) in [6, 6.07) is 9.10. The van der Waals surface area contributed by atoms with Crippen LogP contribution in [-0.2, 0) is 4.79 Å². The fraction of sp³-hybridized carbons (Fsp3) is 0.133. The van der Waals surface area contributed by atoms with Crippen molar-refractivity contribution in [2.75, 3.05) is 5.32 Å². The van der Waals surface area contributed by atoms with Gasteiger partial charge in [-0.2, -0.15) is 0 Å². The van der Waals surface area contributed by atoms with Crippen molar-refractivity contribution in [1.29, 1.82) is 0 Å². The van der Waals surface area contributed by atoms with Crippen LogP contribution in [0.15, 0.2) is 53.0 Å². The molecule has 0 fully saturated rings. The van der Waals surface area contributed by atoms with Gasteiger partial charge in [0.05, 0.1) is 11.2 Å². The number of nitrogens with one attached hydrogen (secondary N) is 1. The lowest BCUT2D eigenvalue weighted by atomic mass is 10.2. The smallest absolute Gasteiger partial charge is 0.276 e. The lowest BCUT2D eigenvalue weighted by Crippen LogP contribution is -2.14. The Morgan fingerprint density at radius 3 is 2.80 bits per heavy atom. The van der Waals surface area contributed by atoms with E-state index in [9.17, 15) is 9.18 Å². The molecule has 0 saturated heterocycles. The third-order valence-corrected chi connectivity index (χ3v) is 2.68. The molecule has 1 N–H and O–H groups in total. The van der Waals surface area contributed by atoms with Crippen LogP contribution in [0.2, 0.25) is 0 Å². The quantitative estimate of drug-likeness (QED) is 0.686. The van der Waals surface area contributed by atoms with E-state index in [2.05, 4.69) is 15.3 Å². The number of carbonyl (C=O) groups excluding carboxylic acids is 1. The second kappa shape index (κ2) is 6.06. The minimum absolute atomic E-state index is 0.236. The highest BCUT2D eigenvalue weighted by Crippen LogP contribution is 2.21. The molecule has 0 saturated carbocycles. The Balaban J connectivity index is 2.38. The SMILES string of the molecule is CC=N/C(C(=O)Nc1cccc2cccnc12)=C(\C)F. The van der Waals surface area contributed by atoms with Crippen molar-refractivity contribution in [3.05, 3.63) is 48.1 Å². The number of amides is 1. The van der Waals surface area contributed by atoms with E-state index in [1.54, 1.807) is 25.3 Å². The summed E-state index contributed by atoms with van der Waals surface area (Å²) < 4.78 is 13.3. The topological polar surface area (TPSA) is 54.4 Å². The maximum atomic E-state index is 13.3. The second-order valence-corrected chi connectivity index (χ2v) is 4.10. The maximum absolute atomic E-state index is 13.3. The molecule has 5 heteroatoms. The molecule has 20 heavy (non-hydrogen) atoms. The first kappa shape index (κ1) is 13.9. The number of para-hydroxylation sites is 1. The molecule has 2 rings (SSSR count). The molecule has 0 atom stereocenters. The molecule has 102 valence electrons. The number of fused-ring (bicyclic) bond motifs is 1. The highest BCUT2D eigenvalue weighted by atomic mass is 19.1. The van der Waals surface area contributed by atoms with Crippen molar-refractivity contribution in [1.82, 2.24) is 4.98 Å². The van der Waals surface area contributed by atoms with Gasteiger partial charge in [-0.15, -0.1) is 0 Å². The Morgan fingerprint density at radius 2 is 2.10 bits per heavy atom. The van der Waals surface area contributed by atoms with Crippen LogP contribution in [0.25, 0.3) is 10.9 Å². The third kappa shape index (κ3) is 2.88. The van der Waals surface area contributed by atoms with Gasteiger partial charge in [-0.25, -0.2) is 4.39 Å². The summed E-state index contributed by atoms with van der Waals surface area (Å²) in [5.74, 6) is -1.23. The standard InChI is InChI=1S/C15H14FN3O/c1-3-17-13(10(2)16)15(20)19-12-8-4-6-11-7-5-9-18-14(11)12/h3-9H,1-2H3,(H,19,20)/b13-10+,17-3?. The number of nitrogens with zero attached hydrogens (tertiary/aromatic N) is 2. The zero-order valence-electron chi connectivity index (χ0n) is 11.2.